The maximum Gasteiger partial charge on any atom is 0.131 e. The van der Waals surface area contributed by atoms with Gasteiger partial charge < -0.3 is 4.90 Å². The molecule has 1 saturated heterocycles. The number of nitrogens with zero attached hydrogens (tertiary/aromatic N) is 3. The van der Waals surface area contributed by atoms with E-state index in [0.717, 1.165) is 30.3 Å². The fourth-order valence-corrected chi connectivity index (χ4v) is 3.19. The van der Waals surface area contributed by atoms with Crippen LogP contribution in [0.5, 0.6) is 0 Å². The average Bonchev–Trinajstić information content (AvgIpc) is 2.39. The van der Waals surface area contributed by atoms with Crippen molar-refractivity contribution in [3.8, 4) is 0 Å². The van der Waals surface area contributed by atoms with E-state index in [9.17, 15) is 4.21 Å². The molecule has 0 radical (unpaired) electrons. The van der Waals surface area contributed by atoms with Crippen LogP contribution in [0.25, 0.3) is 0 Å². The minimum Gasteiger partial charge on any atom is -0.367 e. The van der Waals surface area contributed by atoms with E-state index in [4.69, 9.17) is 11.6 Å². The lowest BCUT2D eigenvalue weighted by molar-refractivity contribution is 0.672. The molecule has 1 aliphatic heterocycles. The molecular formula is C12H18ClN3OS. The van der Waals surface area contributed by atoms with E-state index in [1.54, 1.807) is 0 Å². The van der Waals surface area contributed by atoms with Gasteiger partial charge in [-0.1, -0.05) is 13.8 Å². The Balaban J connectivity index is 2.24. The lowest BCUT2D eigenvalue weighted by Crippen LogP contribution is -2.38. The predicted molar refractivity (Wildman–Crippen MR) is 75.8 cm³/mol. The third-order valence-corrected chi connectivity index (χ3v) is 4.55. The number of hydrogen-bond donors (Lipinski definition) is 0. The Bertz CT molecular complexity index is 443. The monoisotopic (exact) mass is 287 g/mol. The second-order valence-electron chi connectivity index (χ2n) is 4.68. The molecule has 18 heavy (non-hydrogen) atoms. The van der Waals surface area contributed by atoms with Crippen molar-refractivity contribution in [3.63, 3.8) is 0 Å². The lowest BCUT2D eigenvalue weighted by Gasteiger charge is -2.29. The van der Waals surface area contributed by atoms with Crippen LogP contribution in [-0.4, -0.2) is 38.8 Å². The van der Waals surface area contributed by atoms with Gasteiger partial charge in [-0.15, -0.1) is 11.6 Å². The largest absolute Gasteiger partial charge is 0.367 e. The van der Waals surface area contributed by atoms with Gasteiger partial charge in [0.25, 0.3) is 0 Å². The van der Waals surface area contributed by atoms with Crippen LogP contribution in [0.3, 0.4) is 0 Å². The van der Waals surface area contributed by atoms with Gasteiger partial charge in [0.2, 0.25) is 0 Å². The first-order chi connectivity index (χ1) is 8.61. The molecule has 0 aliphatic carbocycles. The molecule has 2 heterocycles. The van der Waals surface area contributed by atoms with Gasteiger partial charge >= 0.3 is 0 Å². The summed E-state index contributed by atoms with van der Waals surface area (Å²) in [7, 11) is -0.670. The summed E-state index contributed by atoms with van der Waals surface area (Å²) in [5.74, 6) is 2.95. The maximum atomic E-state index is 11.4. The third kappa shape index (κ3) is 3.01. The molecule has 6 heteroatoms. The van der Waals surface area contributed by atoms with Gasteiger partial charge in [0.05, 0.1) is 23.5 Å². The lowest BCUT2D eigenvalue weighted by atomic mass is 10.2. The molecular weight excluding hydrogens is 270 g/mol. The molecule has 100 valence electrons. The van der Waals surface area contributed by atoms with Crippen LogP contribution in [-0.2, 0) is 16.7 Å². The average molecular weight is 288 g/mol. The van der Waals surface area contributed by atoms with E-state index in [1.165, 1.54) is 0 Å². The van der Waals surface area contributed by atoms with Gasteiger partial charge in [-0.25, -0.2) is 9.97 Å². The first kappa shape index (κ1) is 13.7. The maximum absolute atomic E-state index is 11.4. The highest BCUT2D eigenvalue weighted by atomic mass is 35.5. The molecule has 0 amide bonds. The van der Waals surface area contributed by atoms with Crippen molar-refractivity contribution < 1.29 is 4.21 Å². The van der Waals surface area contributed by atoms with E-state index in [2.05, 4.69) is 28.7 Å². The number of alkyl halides is 1. The first-order valence-electron chi connectivity index (χ1n) is 6.13. The van der Waals surface area contributed by atoms with Crippen molar-refractivity contribution in [1.82, 2.24) is 9.97 Å². The number of halogens is 1. The number of rotatable bonds is 3. The fraction of sp³-hybridized carbons (Fsp3) is 0.667. The van der Waals surface area contributed by atoms with Crippen LogP contribution in [0.1, 0.15) is 31.3 Å². The summed E-state index contributed by atoms with van der Waals surface area (Å²) in [5, 5.41) is 0. The highest BCUT2D eigenvalue weighted by Crippen LogP contribution is 2.23. The molecule has 2 rings (SSSR count). The molecule has 1 aromatic heterocycles. The van der Waals surface area contributed by atoms with Crippen LogP contribution in [0, 0.1) is 0 Å². The van der Waals surface area contributed by atoms with Gasteiger partial charge in [-0.2, -0.15) is 0 Å². The smallest absolute Gasteiger partial charge is 0.131 e. The Morgan fingerprint density at radius 3 is 2.67 bits per heavy atom. The second kappa shape index (κ2) is 5.97. The summed E-state index contributed by atoms with van der Waals surface area (Å²) >= 11 is 5.98. The van der Waals surface area contributed by atoms with Gasteiger partial charge in [0.1, 0.15) is 5.82 Å². The van der Waals surface area contributed by atoms with E-state index in [0.29, 0.717) is 23.3 Å². The number of hydrogen-bond acceptors (Lipinski definition) is 4. The Morgan fingerprint density at radius 2 is 2.11 bits per heavy atom. The topological polar surface area (TPSA) is 46.1 Å². The highest BCUT2D eigenvalue weighted by molar-refractivity contribution is 7.85. The zero-order valence-corrected chi connectivity index (χ0v) is 12.3. The molecule has 0 bridgehead atoms. The van der Waals surface area contributed by atoms with Crippen LogP contribution in [0.2, 0.25) is 0 Å². The van der Waals surface area contributed by atoms with Gasteiger partial charge in [0.15, 0.2) is 0 Å². The van der Waals surface area contributed by atoms with Gasteiger partial charge in [-0.05, 0) is 0 Å². The molecule has 0 aromatic carbocycles. The minimum absolute atomic E-state index is 0.301. The molecule has 0 atom stereocenters. The van der Waals surface area contributed by atoms with Gasteiger partial charge in [-0.3, -0.25) is 4.21 Å². The van der Waals surface area contributed by atoms with Crippen molar-refractivity contribution in [2.45, 2.75) is 25.6 Å². The van der Waals surface area contributed by atoms with E-state index in [1.807, 2.05) is 6.20 Å². The fourth-order valence-electron chi connectivity index (χ4n) is 1.95. The van der Waals surface area contributed by atoms with Crippen LogP contribution >= 0.6 is 11.6 Å². The molecule has 1 fully saturated rings. The molecule has 1 aromatic rings. The minimum atomic E-state index is -0.670. The molecule has 0 spiro atoms. The SMILES string of the molecule is CC(C)c1ncc(N2CCS(=O)CC2)c(CCl)n1. The number of aromatic nitrogens is 2. The Morgan fingerprint density at radius 1 is 1.44 bits per heavy atom. The Kier molecular flexibility index (Phi) is 4.56. The quantitative estimate of drug-likeness (QED) is 0.797. The van der Waals surface area contributed by atoms with Crippen LogP contribution < -0.4 is 4.90 Å². The van der Waals surface area contributed by atoms with Crippen molar-refractivity contribution >= 4 is 28.1 Å². The summed E-state index contributed by atoms with van der Waals surface area (Å²) in [6.07, 6.45) is 1.86. The predicted octanol–water partition coefficient (Wildman–Crippen LogP) is 1.91. The molecule has 4 nitrogen and oxygen atoms in total. The molecule has 0 N–H and O–H groups in total. The zero-order chi connectivity index (χ0) is 13.1. The molecule has 1 aliphatic rings. The zero-order valence-electron chi connectivity index (χ0n) is 10.7. The van der Waals surface area contributed by atoms with Crippen molar-refractivity contribution in [2.75, 3.05) is 29.5 Å². The van der Waals surface area contributed by atoms with Crippen LogP contribution in [0.15, 0.2) is 6.20 Å². The summed E-state index contributed by atoms with van der Waals surface area (Å²) in [6.45, 7) is 5.72. The second-order valence-corrected chi connectivity index (χ2v) is 6.65. The van der Waals surface area contributed by atoms with Crippen LogP contribution in [0.4, 0.5) is 5.69 Å². The van der Waals surface area contributed by atoms with Crippen molar-refractivity contribution in [3.05, 3.63) is 17.7 Å². The summed E-state index contributed by atoms with van der Waals surface area (Å²) in [6, 6.07) is 0. The van der Waals surface area contributed by atoms with E-state index in [-0.39, 0.29) is 0 Å². The summed E-state index contributed by atoms with van der Waals surface area (Å²) in [5.41, 5.74) is 1.87. The first-order valence-corrected chi connectivity index (χ1v) is 8.15. The summed E-state index contributed by atoms with van der Waals surface area (Å²) < 4.78 is 11.4. The Labute approximate surface area is 115 Å². The standard InChI is InChI=1S/C12H18ClN3OS/c1-9(2)12-14-8-11(10(7-13)15-12)16-3-5-18(17)6-4-16/h8-9H,3-7H2,1-2H3. The number of anilines is 1. The van der Waals surface area contributed by atoms with Crippen molar-refractivity contribution in [1.29, 1.82) is 0 Å². The van der Waals surface area contributed by atoms with Gasteiger partial charge in [0, 0.05) is 41.3 Å². The van der Waals surface area contributed by atoms with E-state index >= 15 is 0 Å². The Hall–Kier alpha value is -0.680. The van der Waals surface area contributed by atoms with E-state index < -0.39 is 10.8 Å². The highest BCUT2D eigenvalue weighted by Gasteiger charge is 2.19. The molecule has 0 unspecified atom stereocenters. The van der Waals surface area contributed by atoms with Crippen molar-refractivity contribution in [2.24, 2.45) is 0 Å². The summed E-state index contributed by atoms with van der Waals surface area (Å²) in [4.78, 5) is 11.1. The third-order valence-electron chi connectivity index (χ3n) is 3.03. The molecule has 0 saturated carbocycles. The normalized spacial score (nSPS) is 17.4.